The highest BCUT2D eigenvalue weighted by Crippen LogP contribution is 2.34. The zero-order valence-corrected chi connectivity index (χ0v) is 19.2. The molecule has 1 aliphatic rings. The molecule has 0 saturated heterocycles. The fraction of sp³-hybridized carbons (Fsp3) is 0.429. The molecule has 1 aromatic heterocycles. The van der Waals surface area contributed by atoms with E-state index in [1.165, 1.54) is 28.0 Å². The van der Waals surface area contributed by atoms with Gasteiger partial charge in [-0.05, 0) is 31.0 Å². The number of anilines is 2. The van der Waals surface area contributed by atoms with Crippen molar-refractivity contribution in [2.24, 2.45) is 0 Å². The Morgan fingerprint density at radius 1 is 1.29 bits per heavy atom. The first-order chi connectivity index (χ1) is 14.9. The van der Waals surface area contributed by atoms with Crippen LogP contribution in [-0.2, 0) is 4.79 Å². The quantitative estimate of drug-likeness (QED) is 0.573. The van der Waals surface area contributed by atoms with E-state index in [0.717, 1.165) is 29.9 Å². The van der Waals surface area contributed by atoms with Crippen LogP contribution in [0.4, 0.5) is 15.6 Å². The number of carbonyl (C=O) groups excluding carboxylic acids is 2. The summed E-state index contributed by atoms with van der Waals surface area (Å²) in [5.41, 5.74) is 1.20. The Hall–Kier alpha value is -2.59. The molecule has 31 heavy (non-hydrogen) atoms. The average molecular weight is 463 g/mol. The second-order valence-electron chi connectivity index (χ2n) is 7.23. The van der Waals surface area contributed by atoms with Crippen molar-refractivity contribution >= 4 is 51.8 Å². The molecule has 1 saturated carbocycles. The van der Waals surface area contributed by atoms with Gasteiger partial charge in [-0.15, -0.1) is 11.8 Å². The first-order valence-electron chi connectivity index (χ1n) is 10.1. The van der Waals surface area contributed by atoms with E-state index in [1.807, 2.05) is 6.07 Å². The van der Waals surface area contributed by atoms with E-state index in [2.05, 4.69) is 10.3 Å². The number of aliphatic carboxylic acids is 1. The molecule has 3 rings (SSSR count). The highest BCUT2D eigenvalue weighted by molar-refractivity contribution is 8.01. The van der Waals surface area contributed by atoms with Crippen LogP contribution in [0.3, 0.4) is 0 Å². The molecule has 1 fully saturated rings. The van der Waals surface area contributed by atoms with E-state index < -0.39 is 5.97 Å². The van der Waals surface area contributed by atoms with Crippen molar-refractivity contribution in [3.63, 3.8) is 0 Å². The van der Waals surface area contributed by atoms with Gasteiger partial charge in [-0.1, -0.05) is 30.2 Å². The molecule has 166 valence electrons. The zero-order chi connectivity index (χ0) is 22.4. The minimum Gasteiger partial charge on any atom is -0.481 e. The molecule has 0 atom stereocenters. The molecule has 0 radical (unpaired) electrons. The van der Waals surface area contributed by atoms with E-state index in [-0.39, 0.29) is 24.4 Å². The maximum Gasteiger partial charge on any atom is 0.330 e. The SMILES string of the molecule is CNC(=O)c1cccc(N(C(=O)N(C)c2ncc(SCCC(=O)O)s2)C2CCCC2)c1. The number of rotatable bonds is 8. The van der Waals surface area contributed by atoms with Crippen LogP contribution in [0.15, 0.2) is 34.7 Å². The summed E-state index contributed by atoms with van der Waals surface area (Å²) in [4.78, 5) is 44.0. The van der Waals surface area contributed by atoms with Gasteiger partial charge in [0.05, 0.1) is 16.8 Å². The lowest BCUT2D eigenvalue weighted by molar-refractivity contribution is -0.136. The molecule has 0 bridgehead atoms. The first kappa shape index (κ1) is 23.1. The van der Waals surface area contributed by atoms with Gasteiger partial charge in [0.25, 0.3) is 5.91 Å². The molecule has 0 unspecified atom stereocenters. The minimum absolute atomic E-state index is 0.0688. The third-order valence-corrected chi connectivity index (χ3v) is 7.39. The largest absolute Gasteiger partial charge is 0.481 e. The summed E-state index contributed by atoms with van der Waals surface area (Å²) in [5, 5.41) is 12.0. The molecule has 0 spiro atoms. The van der Waals surface area contributed by atoms with Crippen molar-refractivity contribution in [2.45, 2.75) is 42.4 Å². The molecule has 8 nitrogen and oxygen atoms in total. The number of urea groups is 1. The lowest BCUT2D eigenvalue weighted by Gasteiger charge is -2.32. The highest BCUT2D eigenvalue weighted by atomic mass is 32.2. The lowest BCUT2D eigenvalue weighted by atomic mass is 10.1. The van der Waals surface area contributed by atoms with E-state index in [1.54, 1.807) is 43.4 Å². The van der Waals surface area contributed by atoms with Crippen LogP contribution < -0.4 is 15.1 Å². The summed E-state index contributed by atoms with van der Waals surface area (Å²) in [6, 6.07) is 6.99. The van der Waals surface area contributed by atoms with E-state index in [4.69, 9.17) is 5.11 Å². The van der Waals surface area contributed by atoms with Gasteiger partial charge in [0.1, 0.15) is 0 Å². The number of amides is 3. The number of benzene rings is 1. The molecule has 1 aliphatic carbocycles. The Balaban J connectivity index is 1.81. The van der Waals surface area contributed by atoms with Crippen molar-refractivity contribution in [2.75, 3.05) is 29.6 Å². The number of thiazole rings is 1. The van der Waals surface area contributed by atoms with Crippen molar-refractivity contribution in [3.8, 4) is 0 Å². The predicted octanol–water partition coefficient (Wildman–Crippen LogP) is 4.07. The third-order valence-electron chi connectivity index (χ3n) is 5.12. The number of carbonyl (C=O) groups is 3. The normalized spacial score (nSPS) is 13.7. The molecule has 0 aliphatic heterocycles. The Morgan fingerprint density at radius 2 is 2.03 bits per heavy atom. The summed E-state index contributed by atoms with van der Waals surface area (Å²) < 4.78 is 0.866. The Bertz CT molecular complexity index is 943. The predicted molar refractivity (Wildman–Crippen MR) is 123 cm³/mol. The second-order valence-corrected chi connectivity index (χ2v) is 9.64. The molecular weight excluding hydrogens is 436 g/mol. The van der Waals surface area contributed by atoms with Gasteiger partial charge in [-0.3, -0.25) is 19.4 Å². The van der Waals surface area contributed by atoms with E-state index in [9.17, 15) is 14.4 Å². The monoisotopic (exact) mass is 462 g/mol. The Labute approximate surface area is 189 Å². The number of nitrogens with one attached hydrogen (secondary N) is 1. The summed E-state index contributed by atoms with van der Waals surface area (Å²) in [6.45, 7) is 0. The van der Waals surface area contributed by atoms with Crippen LogP contribution in [-0.4, -0.2) is 53.9 Å². The van der Waals surface area contributed by atoms with Crippen LogP contribution in [0, 0.1) is 0 Å². The zero-order valence-electron chi connectivity index (χ0n) is 17.5. The number of thioether (sulfide) groups is 1. The van der Waals surface area contributed by atoms with E-state index >= 15 is 0 Å². The summed E-state index contributed by atoms with van der Waals surface area (Å²) in [7, 11) is 3.27. The van der Waals surface area contributed by atoms with Crippen LogP contribution in [0.1, 0.15) is 42.5 Å². The maximum atomic E-state index is 13.5. The van der Waals surface area contributed by atoms with Crippen LogP contribution in [0.25, 0.3) is 0 Å². The van der Waals surface area contributed by atoms with Gasteiger partial charge in [0.15, 0.2) is 5.13 Å². The third kappa shape index (κ3) is 5.76. The van der Waals surface area contributed by atoms with Crippen LogP contribution >= 0.6 is 23.1 Å². The molecule has 1 aromatic carbocycles. The van der Waals surface area contributed by atoms with Gasteiger partial charge in [0.2, 0.25) is 0 Å². The summed E-state index contributed by atoms with van der Waals surface area (Å²) >= 11 is 2.78. The molecule has 2 aromatic rings. The Morgan fingerprint density at radius 3 is 2.71 bits per heavy atom. The van der Waals surface area contributed by atoms with Crippen molar-refractivity contribution < 1.29 is 19.5 Å². The molecule has 10 heteroatoms. The maximum absolute atomic E-state index is 13.5. The standard InChI is InChI=1S/C21H26N4O4S2/c1-22-19(28)14-6-5-9-16(12-14)25(15-7-3-4-8-15)21(29)24(2)20-23-13-18(31-20)30-11-10-17(26)27/h5-6,9,12-13,15H,3-4,7-8,10-11H2,1-2H3,(H,22,28)(H,26,27). The Kier molecular flexibility index (Phi) is 7.91. The molecule has 1 heterocycles. The number of carboxylic acids is 1. The number of hydrogen-bond donors (Lipinski definition) is 2. The van der Waals surface area contributed by atoms with Gasteiger partial charge in [-0.25, -0.2) is 9.78 Å². The van der Waals surface area contributed by atoms with Crippen molar-refractivity contribution in [1.29, 1.82) is 0 Å². The molecule has 2 N–H and O–H groups in total. The highest BCUT2D eigenvalue weighted by Gasteiger charge is 2.31. The number of aromatic nitrogens is 1. The molecule has 3 amide bonds. The van der Waals surface area contributed by atoms with Crippen LogP contribution in [0.2, 0.25) is 0 Å². The van der Waals surface area contributed by atoms with E-state index in [0.29, 0.717) is 22.1 Å². The van der Waals surface area contributed by atoms with Crippen LogP contribution in [0.5, 0.6) is 0 Å². The minimum atomic E-state index is -0.837. The topological polar surface area (TPSA) is 103 Å². The number of hydrogen-bond acceptors (Lipinski definition) is 6. The summed E-state index contributed by atoms with van der Waals surface area (Å²) in [5.74, 6) is -0.581. The van der Waals surface area contributed by atoms with Gasteiger partial charge in [0, 0.05) is 37.1 Å². The second kappa shape index (κ2) is 10.6. The average Bonchev–Trinajstić information content (AvgIpc) is 3.45. The van der Waals surface area contributed by atoms with Gasteiger partial charge < -0.3 is 10.4 Å². The fourth-order valence-corrected chi connectivity index (χ4v) is 5.46. The number of carboxylic acid groups (broad SMARTS) is 1. The fourth-order valence-electron chi connectivity index (χ4n) is 3.54. The van der Waals surface area contributed by atoms with Gasteiger partial charge in [-0.2, -0.15) is 0 Å². The lowest BCUT2D eigenvalue weighted by Crippen LogP contribution is -2.46. The first-order valence-corrected chi connectivity index (χ1v) is 11.9. The van der Waals surface area contributed by atoms with Crippen molar-refractivity contribution in [3.05, 3.63) is 36.0 Å². The number of nitrogens with zero attached hydrogens (tertiary/aromatic N) is 3. The van der Waals surface area contributed by atoms with Crippen molar-refractivity contribution in [1.82, 2.24) is 10.3 Å². The smallest absolute Gasteiger partial charge is 0.330 e. The van der Waals surface area contributed by atoms with Gasteiger partial charge >= 0.3 is 12.0 Å². The molecular formula is C21H26N4O4S2. The summed E-state index contributed by atoms with van der Waals surface area (Å²) in [6.07, 6.45) is 5.70.